The zero-order valence-corrected chi connectivity index (χ0v) is 10.3. The van der Waals surface area contributed by atoms with Gasteiger partial charge in [0.25, 0.3) is 0 Å². The quantitative estimate of drug-likeness (QED) is 0.823. The largest absolute Gasteiger partial charge is 0.462 e. The maximum absolute atomic E-state index is 9.41. The standard InChI is InChI=1S/C13H21NO3/c1-16-9-13-7-6-12(17-13)8-14-10-2-4-11(15)5-3-10/h6-7,10-11,14-15H,2-5,8-9H2,1H3. The van der Waals surface area contributed by atoms with E-state index in [9.17, 15) is 5.11 Å². The summed E-state index contributed by atoms with van der Waals surface area (Å²) in [5.41, 5.74) is 0. The summed E-state index contributed by atoms with van der Waals surface area (Å²) in [6, 6.07) is 4.44. The van der Waals surface area contributed by atoms with Gasteiger partial charge in [0.05, 0.1) is 12.6 Å². The van der Waals surface area contributed by atoms with Crippen molar-refractivity contribution in [2.45, 2.75) is 51.0 Å². The van der Waals surface area contributed by atoms with E-state index in [0.29, 0.717) is 12.6 Å². The molecule has 17 heavy (non-hydrogen) atoms. The van der Waals surface area contributed by atoms with Crippen LogP contribution in [0, 0.1) is 0 Å². The molecule has 0 aliphatic heterocycles. The molecule has 1 aromatic heterocycles. The number of methoxy groups -OCH3 is 1. The van der Waals surface area contributed by atoms with Gasteiger partial charge in [0.1, 0.15) is 18.1 Å². The van der Waals surface area contributed by atoms with Gasteiger partial charge >= 0.3 is 0 Å². The zero-order valence-electron chi connectivity index (χ0n) is 10.3. The molecular weight excluding hydrogens is 218 g/mol. The van der Waals surface area contributed by atoms with Crippen LogP contribution in [0.1, 0.15) is 37.2 Å². The summed E-state index contributed by atoms with van der Waals surface area (Å²) in [5, 5.41) is 12.9. The number of ether oxygens (including phenoxy) is 1. The second kappa shape index (κ2) is 6.19. The number of hydrogen-bond donors (Lipinski definition) is 2. The second-order valence-corrected chi connectivity index (χ2v) is 4.69. The highest BCUT2D eigenvalue weighted by Crippen LogP contribution is 2.19. The second-order valence-electron chi connectivity index (χ2n) is 4.69. The zero-order chi connectivity index (χ0) is 12.1. The molecular formula is C13H21NO3. The number of aliphatic hydroxyl groups excluding tert-OH is 1. The number of nitrogens with one attached hydrogen (secondary N) is 1. The first-order valence-corrected chi connectivity index (χ1v) is 6.26. The minimum atomic E-state index is -0.0926. The molecule has 0 spiro atoms. The minimum Gasteiger partial charge on any atom is -0.462 e. The van der Waals surface area contributed by atoms with Gasteiger partial charge in [-0.15, -0.1) is 0 Å². The van der Waals surface area contributed by atoms with Crippen molar-refractivity contribution in [1.82, 2.24) is 5.32 Å². The molecule has 4 nitrogen and oxygen atoms in total. The van der Waals surface area contributed by atoms with E-state index in [4.69, 9.17) is 9.15 Å². The Hall–Kier alpha value is -0.840. The number of hydrogen-bond acceptors (Lipinski definition) is 4. The topological polar surface area (TPSA) is 54.6 Å². The first-order valence-electron chi connectivity index (χ1n) is 6.26. The lowest BCUT2D eigenvalue weighted by Crippen LogP contribution is -2.34. The van der Waals surface area contributed by atoms with E-state index in [-0.39, 0.29) is 6.10 Å². The van der Waals surface area contributed by atoms with Crippen molar-refractivity contribution < 1.29 is 14.3 Å². The SMILES string of the molecule is COCc1ccc(CNC2CCC(O)CC2)o1. The molecule has 0 amide bonds. The van der Waals surface area contributed by atoms with Crippen molar-refractivity contribution in [3.05, 3.63) is 23.7 Å². The highest BCUT2D eigenvalue weighted by molar-refractivity contribution is 5.06. The predicted molar refractivity (Wildman–Crippen MR) is 64.5 cm³/mol. The fourth-order valence-corrected chi connectivity index (χ4v) is 2.26. The summed E-state index contributed by atoms with van der Waals surface area (Å²) in [6.07, 6.45) is 3.82. The van der Waals surface area contributed by atoms with Crippen molar-refractivity contribution in [3.8, 4) is 0 Å². The van der Waals surface area contributed by atoms with Crippen LogP contribution in [0.5, 0.6) is 0 Å². The first-order chi connectivity index (χ1) is 8.28. The Kier molecular flexibility index (Phi) is 4.59. The van der Waals surface area contributed by atoms with Crippen LogP contribution >= 0.6 is 0 Å². The van der Waals surface area contributed by atoms with Gasteiger partial charge in [0, 0.05) is 13.2 Å². The van der Waals surface area contributed by atoms with Crippen molar-refractivity contribution in [3.63, 3.8) is 0 Å². The van der Waals surface area contributed by atoms with E-state index in [2.05, 4.69) is 5.32 Å². The molecule has 0 unspecified atom stereocenters. The van der Waals surface area contributed by atoms with Gasteiger partial charge in [0.2, 0.25) is 0 Å². The molecule has 1 aliphatic carbocycles. The molecule has 1 fully saturated rings. The number of aliphatic hydroxyl groups is 1. The molecule has 1 aliphatic rings. The maximum Gasteiger partial charge on any atom is 0.129 e. The van der Waals surface area contributed by atoms with E-state index in [0.717, 1.165) is 43.7 Å². The molecule has 2 N–H and O–H groups in total. The summed E-state index contributed by atoms with van der Waals surface area (Å²) in [7, 11) is 1.66. The molecule has 0 radical (unpaired) electrons. The van der Waals surface area contributed by atoms with E-state index < -0.39 is 0 Å². The van der Waals surface area contributed by atoms with Gasteiger partial charge in [-0.2, -0.15) is 0 Å². The fourth-order valence-electron chi connectivity index (χ4n) is 2.26. The summed E-state index contributed by atoms with van der Waals surface area (Å²) < 4.78 is 10.6. The molecule has 0 bridgehead atoms. The number of rotatable bonds is 5. The average molecular weight is 239 g/mol. The highest BCUT2D eigenvalue weighted by Gasteiger charge is 2.18. The Balaban J connectivity index is 1.73. The smallest absolute Gasteiger partial charge is 0.129 e. The van der Waals surface area contributed by atoms with Gasteiger partial charge < -0.3 is 19.6 Å². The van der Waals surface area contributed by atoms with E-state index in [1.54, 1.807) is 7.11 Å². The minimum absolute atomic E-state index is 0.0926. The Morgan fingerprint density at radius 1 is 1.29 bits per heavy atom. The van der Waals surface area contributed by atoms with Crippen molar-refractivity contribution >= 4 is 0 Å². The summed E-state index contributed by atoms with van der Waals surface area (Å²) in [5.74, 6) is 1.81. The lowest BCUT2D eigenvalue weighted by atomic mass is 9.93. The van der Waals surface area contributed by atoms with E-state index in [1.807, 2.05) is 12.1 Å². The summed E-state index contributed by atoms with van der Waals surface area (Å²) in [6.45, 7) is 1.28. The third-order valence-corrected chi connectivity index (χ3v) is 3.27. The summed E-state index contributed by atoms with van der Waals surface area (Å²) in [4.78, 5) is 0. The maximum atomic E-state index is 9.41. The molecule has 1 heterocycles. The van der Waals surface area contributed by atoms with Crippen molar-refractivity contribution in [2.75, 3.05) is 7.11 Å². The molecule has 1 aromatic rings. The molecule has 0 aromatic carbocycles. The van der Waals surface area contributed by atoms with Crippen LogP contribution in [0.4, 0.5) is 0 Å². The van der Waals surface area contributed by atoms with Gasteiger partial charge in [0.15, 0.2) is 0 Å². The molecule has 1 saturated carbocycles. The van der Waals surface area contributed by atoms with Crippen LogP contribution in [0.15, 0.2) is 16.5 Å². The first kappa shape index (κ1) is 12.6. The molecule has 4 heteroatoms. The van der Waals surface area contributed by atoms with Crippen LogP contribution < -0.4 is 5.32 Å². The highest BCUT2D eigenvalue weighted by atomic mass is 16.5. The monoisotopic (exact) mass is 239 g/mol. The van der Waals surface area contributed by atoms with Gasteiger partial charge in [-0.1, -0.05) is 0 Å². The van der Waals surface area contributed by atoms with Crippen LogP contribution in [-0.4, -0.2) is 24.4 Å². The Morgan fingerprint density at radius 3 is 2.71 bits per heavy atom. The van der Waals surface area contributed by atoms with Gasteiger partial charge in [-0.05, 0) is 37.8 Å². The Morgan fingerprint density at radius 2 is 2.00 bits per heavy atom. The van der Waals surface area contributed by atoms with Crippen LogP contribution in [-0.2, 0) is 17.9 Å². The third-order valence-electron chi connectivity index (χ3n) is 3.27. The van der Waals surface area contributed by atoms with Crippen LogP contribution in [0.2, 0.25) is 0 Å². The molecule has 2 rings (SSSR count). The van der Waals surface area contributed by atoms with Crippen molar-refractivity contribution in [1.29, 1.82) is 0 Å². The van der Waals surface area contributed by atoms with Crippen molar-refractivity contribution in [2.24, 2.45) is 0 Å². The lowest BCUT2D eigenvalue weighted by Gasteiger charge is -2.25. The van der Waals surface area contributed by atoms with Gasteiger partial charge in [-0.3, -0.25) is 0 Å². The predicted octanol–water partition coefficient (Wildman–Crippen LogP) is 1.82. The van der Waals surface area contributed by atoms with E-state index >= 15 is 0 Å². The molecule has 0 saturated heterocycles. The van der Waals surface area contributed by atoms with Gasteiger partial charge in [-0.25, -0.2) is 0 Å². The summed E-state index contributed by atoms with van der Waals surface area (Å²) >= 11 is 0. The third kappa shape index (κ3) is 3.84. The van der Waals surface area contributed by atoms with Crippen LogP contribution in [0.3, 0.4) is 0 Å². The molecule has 0 atom stereocenters. The Bertz CT molecular complexity index is 329. The average Bonchev–Trinajstić information content (AvgIpc) is 2.77. The number of furan rings is 1. The fraction of sp³-hybridized carbons (Fsp3) is 0.692. The normalized spacial score (nSPS) is 25.1. The Labute approximate surface area is 102 Å². The lowest BCUT2D eigenvalue weighted by molar-refractivity contribution is 0.116. The molecule has 96 valence electrons. The van der Waals surface area contributed by atoms with E-state index in [1.165, 1.54) is 0 Å². The van der Waals surface area contributed by atoms with Crippen LogP contribution in [0.25, 0.3) is 0 Å².